The molecule has 0 aromatic carbocycles. The van der Waals surface area contributed by atoms with Crippen molar-refractivity contribution >= 4 is 27.5 Å². The Kier molecular flexibility index (Phi) is 3.50. The van der Waals surface area contributed by atoms with E-state index in [1.165, 1.54) is 36.8 Å². The number of piperidine rings is 1. The van der Waals surface area contributed by atoms with Gasteiger partial charge >= 0.3 is 0 Å². The van der Waals surface area contributed by atoms with Gasteiger partial charge in [-0.15, -0.1) is 11.3 Å². The average Bonchev–Trinajstić information content (AvgIpc) is 2.86. The van der Waals surface area contributed by atoms with E-state index in [2.05, 4.69) is 15.2 Å². The van der Waals surface area contributed by atoms with Crippen LogP contribution in [0.25, 0.3) is 10.2 Å². The van der Waals surface area contributed by atoms with E-state index in [9.17, 15) is 9.59 Å². The third-order valence-corrected chi connectivity index (χ3v) is 5.88. The first-order valence-corrected chi connectivity index (χ1v) is 8.74. The van der Waals surface area contributed by atoms with Gasteiger partial charge in [0, 0.05) is 19.3 Å². The molecule has 0 radical (unpaired) electrons. The molecule has 0 spiro atoms. The van der Waals surface area contributed by atoms with Crippen LogP contribution in [0.1, 0.15) is 36.0 Å². The number of aromatic nitrogens is 1. The normalized spacial score (nSPS) is 27.7. The Hall–Kier alpha value is -1.66. The molecule has 2 N–H and O–H groups in total. The maximum atomic E-state index is 12.5. The summed E-state index contributed by atoms with van der Waals surface area (Å²) in [5.41, 5.74) is 0.840. The number of pyridine rings is 1. The van der Waals surface area contributed by atoms with Crippen molar-refractivity contribution in [2.75, 3.05) is 13.1 Å². The number of carbonyl (C=O) groups is 1. The van der Waals surface area contributed by atoms with Gasteiger partial charge in [-0.25, -0.2) is 0 Å². The van der Waals surface area contributed by atoms with Crippen molar-refractivity contribution in [3.05, 3.63) is 33.4 Å². The van der Waals surface area contributed by atoms with Crippen molar-refractivity contribution in [2.45, 2.75) is 31.8 Å². The van der Waals surface area contributed by atoms with Gasteiger partial charge in [-0.1, -0.05) is 0 Å². The summed E-state index contributed by atoms with van der Waals surface area (Å²) < 4.78 is 0.620. The monoisotopic (exact) mass is 317 g/mol. The lowest BCUT2D eigenvalue weighted by Gasteiger charge is -2.32. The second-order valence-corrected chi connectivity index (χ2v) is 7.16. The molecule has 2 aromatic heterocycles. The summed E-state index contributed by atoms with van der Waals surface area (Å²) in [7, 11) is 0. The van der Waals surface area contributed by atoms with Crippen molar-refractivity contribution in [1.29, 1.82) is 0 Å². The molecule has 3 fully saturated rings. The quantitative estimate of drug-likeness (QED) is 0.892. The van der Waals surface area contributed by atoms with E-state index in [0.717, 1.165) is 30.9 Å². The summed E-state index contributed by atoms with van der Waals surface area (Å²) >= 11 is 1.37. The van der Waals surface area contributed by atoms with Crippen LogP contribution >= 0.6 is 11.3 Å². The number of nitrogens with one attached hydrogen (secondary N) is 2. The number of H-pyrrole nitrogens is 1. The van der Waals surface area contributed by atoms with Gasteiger partial charge in [0.2, 0.25) is 5.43 Å². The first-order chi connectivity index (χ1) is 10.7. The van der Waals surface area contributed by atoms with Gasteiger partial charge in [-0.3, -0.25) is 14.5 Å². The van der Waals surface area contributed by atoms with Gasteiger partial charge < -0.3 is 10.3 Å². The van der Waals surface area contributed by atoms with Crippen molar-refractivity contribution in [3.8, 4) is 0 Å². The molecule has 6 heteroatoms. The number of amides is 1. The van der Waals surface area contributed by atoms with E-state index < -0.39 is 0 Å². The van der Waals surface area contributed by atoms with Gasteiger partial charge in [0.1, 0.15) is 5.56 Å². The van der Waals surface area contributed by atoms with Crippen LogP contribution in [0.15, 0.2) is 22.4 Å². The highest BCUT2D eigenvalue weighted by Gasteiger charge is 2.31. The number of rotatable bonds is 2. The Morgan fingerprint density at radius 3 is 2.91 bits per heavy atom. The third-order valence-electron chi connectivity index (χ3n) is 4.97. The van der Waals surface area contributed by atoms with E-state index in [-0.39, 0.29) is 23.1 Å². The summed E-state index contributed by atoms with van der Waals surface area (Å²) in [6.07, 6.45) is 6.22. The molecule has 2 bridgehead atoms. The minimum atomic E-state index is -0.257. The standard InChI is InChI=1S/C16H19N3O2S/c20-14-11(9-17-12-5-8-22-15(12)14)16(21)18-13-2-1-10-3-6-19(13)7-4-10/h5,8-10,13H,1-4,6-7H2,(H,17,20)(H,18,21). The highest BCUT2D eigenvalue weighted by Crippen LogP contribution is 2.29. The summed E-state index contributed by atoms with van der Waals surface area (Å²) in [5, 5.41) is 4.93. The van der Waals surface area contributed by atoms with Gasteiger partial charge in [0.05, 0.1) is 16.4 Å². The van der Waals surface area contributed by atoms with Gasteiger partial charge in [-0.2, -0.15) is 0 Å². The van der Waals surface area contributed by atoms with E-state index in [4.69, 9.17) is 0 Å². The topological polar surface area (TPSA) is 65.2 Å². The number of carbonyl (C=O) groups excluding carboxylic acids is 1. The lowest BCUT2D eigenvalue weighted by Crippen LogP contribution is -2.49. The molecular formula is C16H19N3O2S. The number of aromatic amines is 1. The predicted octanol–water partition coefficient (Wildman–Crippen LogP) is 2.15. The molecule has 3 aliphatic heterocycles. The molecule has 0 aliphatic carbocycles. The van der Waals surface area contributed by atoms with Crippen LogP contribution in [0.5, 0.6) is 0 Å². The molecule has 1 unspecified atom stereocenters. The van der Waals surface area contributed by atoms with Crippen molar-refractivity contribution < 1.29 is 4.79 Å². The summed E-state index contributed by atoms with van der Waals surface area (Å²) in [6, 6.07) is 1.86. The Morgan fingerprint density at radius 1 is 1.27 bits per heavy atom. The van der Waals surface area contributed by atoms with Gasteiger partial charge in [0.25, 0.3) is 5.91 Å². The molecule has 5 heterocycles. The van der Waals surface area contributed by atoms with E-state index >= 15 is 0 Å². The minimum absolute atomic E-state index is 0.0680. The third kappa shape index (κ3) is 2.36. The average molecular weight is 317 g/mol. The maximum Gasteiger partial charge on any atom is 0.258 e. The highest BCUT2D eigenvalue weighted by molar-refractivity contribution is 7.17. The Balaban J connectivity index is 1.58. The number of thiophene rings is 1. The maximum absolute atomic E-state index is 12.5. The van der Waals surface area contributed by atoms with Crippen LogP contribution in [0.2, 0.25) is 0 Å². The van der Waals surface area contributed by atoms with Crippen LogP contribution < -0.4 is 10.7 Å². The number of hydrogen-bond donors (Lipinski definition) is 2. The number of hydrogen-bond acceptors (Lipinski definition) is 4. The first-order valence-electron chi connectivity index (χ1n) is 7.86. The fourth-order valence-corrected chi connectivity index (χ4v) is 4.44. The number of fused-ring (bicyclic) bond motifs is 5. The second-order valence-electron chi connectivity index (χ2n) is 6.24. The zero-order valence-corrected chi connectivity index (χ0v) is 13.1. The molecule has 3 aliphatic rings. The summed E-state index contributed by atoms with van der Waals surface area (Å²) in [5.74, 6) is 0.552. The zero-order valence-electron chi connectivity index (χ0n) is 12.3. The predicted molar refractivity (Wildman–Crippen MR) is 87.2 cm³/mol. The molecule has 2 aromatic rings. The summed E-state index contributed by atoms with van der Waals surface area (Å²) in [4.78, 5) is 30.3. The van der Waals surface area contributed by atoms with Crippen molar-refractivity contribution in [2.24, 2.45) is 5.92 Å². The largest absolute Gasteiger partial charge is 0.359 e. The lowest BCUT2D eigenvalue weighted by molar-refractivity contribution is 0.0834. The van der Waals surface area contributed by atoms with Crippen molar-refractivity contribution in [3.63, 3.8) is 0 Å². The Bertz CT molecular complexity index is 758. The molecule has 1 amide bonds. The SMILES string of the molecule is O=C(NC1CCC2CCN1CC2)c1c[nH]c2ccsc2c1=O. The smallest absolute Gasteiger partial charge is 0.258 e. The molecule has 5 rings (SSSR count). The summed E-state index contributed by atoms with van der Waals surface area (Å²) in [6.45, 7) is 2.10. The Morgan fingerprint density at radius 2 is 2.09 bits per heavy atom. The van der Waals surface area contributed by atoms with Crippen LogP contribution in [-0.4, -0.2) is 35.0 Å². The second kappa shape index (κ2) is 5.52. The lowest BCUT2D eigenvalue weighted by atomic mass is 9.95. The zero-order chi connectivity index (χ0) is 15.1. The van der Waals surface area contributed by atoms with Crippen LogP contribution in [0, 0.1) is 5.92 Å². The fraction of sp³-hybridized carbons (Fsp3) is 0.500. The van der Waals surface area contributed by atoms with E-state index in [1.807, 2.05) is 11.4 Å². The number of nitrogens with zero attached hydrogens (tertiary/aromatic N) is 1. The van der Waals surface area contributed by atoms with Crippen LogP contribution in [0.4, 0.5) is 0 Å². The van der Waals surface area contributed by atoms with Gasteiger partial charge in [0.15, 0.2) is 0 Å². The van der Waals surface area contributed by atoms with Crippen molar-refractivity contribution in [1.82, 2.24) is 15.2 Å². The van der Waals surface area contributed by atoms with Crippen LogP contribution in [0.3, 0.4) is 0 Å². The first kappa shape index (κ1) is 14.0. The molecule has 5 nitrogen and oxygen atoms in total. The molecule has 22 heavy (non-hydrogen) atoms. The molecule has 3 saturated heterocycles. The van der Waals surface area contributed by atoms with Gasteiger partial charge in [-0.05, 0) is 43.0 Å². The molecule has 1 atom stereocenters. The van der Waals surface area contributed by atoms with E-state index in [1.54, 1.807) is 0 Å². The minimum Gasteiger partial charge on any atom is -0.359 e. The molecule has 0 saturated carbocycles. The molecule has 116 valence electrons. The fourth-order valence-electron chi connectivity index (χ4n) is 3.63. The Labute approximate surface area is 132 Å². The van der Waals surface area contributed by atoms with Crippen LogP contribution in [-0.2, 0) is 0 Å². The highest BCUT2D eigenvalue weighted by atomic mass is 32.1. The molecular weight excluding hydrogens is 298 g/mol. The van der Waals surface area contributed by atoms with E-state index in [0.29, 0.717) is 4.70 Å².